The molecule has 90 valence electrons. The van der Waals surface area contributed by atoms with Crippen LogP contribution in [0.25, 0.3) is 0 Å². The number of amides is 1. The van der Waals surface area contributed by atoms with Gasteiger partial charge in [-0.25, -0.2) is 0 Å². The molecular weight excluding hydrogens is 238 g/mol. The Balaban J connectivity index is 1.97. The summed E-state index contributed by atoms with van der Waals surface area (Å²) in [4.78, 5) is 12.5. The molecule has 0 radical (unpaired) electrons. The molecule has 4 nitrogen and oxygen atoms in total. The molecule has 0 unspecified atom stereocenters. The predicted molar refractivity (Wildman–Crippen MR) is 64.3 cm³/mol. The van der Waals surface area contributed by atoms with Gasteiger partial charge in [-0.3, -0.25) is 4.79 Å². The molecule has 2 heterocycles. The van der Waals surface area contributed by atoms with Crippen LogP contribution in [0, 0.1) is 0 Å². The van der Waals surface area contributed by atoms with E-state index in [9.17, 15) is 4.79 Å². The number of rotatable bonds is 1. The number of hydrogen-bond acceptors (Lipinski definition) is 4. The van der Waals surface area contributed by atoms with Crippen molar-refractivity contribution in [2.45, 2.75) is 17.0 Å². The molecule has 5 heteroatoms. The number of benzene rings is 1. The van der Waals surface area contributed by atoms with E-state index in [1.165, 1.54) is 4.90 Å². The first-order chi connectivity index (χ1) is 8.28. The van der Waals surface area contributed by atoms with Gasteiger partial charge in [-0.2, -0.15) is 0 Å². The molecule has 1 aromatic rings. The molecule has 1 fully saturated rings. The van der Waals surface area contributed by atoms with Gasteiger partial charge in [0.05, 0.1) is 13.2 Å². The van der Waals surface area contributed by atoms with Gasteiger partial charge in [-0.15, -0.1) is 11.8 Å². The average Bonchev–Trinajstić information content (AvgIpc) is 2.37. The van der Waals surface area contributed by atoms with Crippen molar-refractivity contribution in [3.63, 3.8) is 0 Å². The first kappa shape index (κ1) is 10.9. The lowest BCUT2D eigenvalue weighted by atomic mass is 10.0. The molecule has 0 bridgehead atoms. The van der Waals surface area contributed by atoms with E-state index in [0.29, 0.717) is 0 Å². The Labute approximate surface area is 104 Å². The topological polar surface area (TPSA) is 47.6 Å². The molecule has 0 aromatic heterocycles. The van der Waals surface area contributed by atoms with E-state index >= 15 is 0 Å². The fourth-order valence-electron chi connectivity index (χ4n) is 2.23. The largest absolute Gasteiger partial charge is 0.497 e. The molecule has 1 aromatic carbocycles. The van der Waals surface area contributed by atoms with Crippen molar-refractivity contribution in [2.24, 2.45) is 0 Å². The van der Waals surface area contributed by atoms with Crippen LogP contribution >= 0.6 is 11.8 Å². The molecule has 2 atom stereocenters. The van der Waals surface area contributed by atoms with Crippen LogP contribution in [0.1, 0.15) is 11.7 Å². The third-order valence-electron chi connectivity index (χ3n) is 3.05. The Morgan fingerprint density at radius 1 is 1.53 bits per heavy atom. The zero-order valence-corrected chi connectivity index (χ0v) is 10.3. The second-order valence-electron chi connectivity index (χ2n) is 4.12. The second kappa shape index (κ2) is 4.23. The smallest absolute Gasteiger partial charge is 0.246 e. The highest BCUT2D eigenvalue weighted by atomic mass is 32.2. The summed E-state index contributed by atoms with van der Waals surface area (Å²) >= 11 is 1.75. The number of thioether (sulfide) groups is 1. The molecule has 0 spiro atoms. The molecule has 17 heavy (non-hydrogen) atoms. The maximum Gasteiger partial charge on any atom is 0.246 e. The molecule has 0 saturated carbocycles. The van der Waals surface area contributed by atoms with E-state index in [1.54, 1.807) is 18.9 Å². The normalized spacial score (nSPS) is 26.8. The van der Waals surface area contributed by atoms with Gasteiger partial charge in [0.15, 0.2) is 0 Å². The van der Waals surface area contributed by atoms with Crippen LogP contribution < -0.4 is 10.1 Å². The summed E-state index contributed by atoms with van der Waals surface area (Å²) in [5, 5.41) is 2.97. The van der Waals surface area contributed by atoms with Crippen molar-refractivity contribution in [1.29, 1.82) is 0 Å². The van der Waals surface area contributed by atoms with Crippen LogP contribution in [0.3, 0.4) is 0 Å². The van der Waals surface area contributed by atoms with Crippen molar-refractivity contribution in [3.05, 3.63) is 23.8 Å². The molecular formula is C12H13NO3S. The molecule has 3 rings (SSSR count). The third-order valence-corrected chi connectivity index (χ3v) is 4.26. The SMILES string of the molecule is COc1ccc2c(c1)[C@H]1OCC(=O)N[C@H]1CS2. The average molecular weight is 251 g/mol. The summed E-state index contributed by atoms with van der Waals surface area (Å²) in [5.74, 6) is 1.65. The predicted octanol–water partition coefficient (Wildman–Crippen LogP) is 1.36. The van der Waals surface area contributed by atoms with E-state index in [4.69, 9.17) is 9.47 Å². The number of carbonyl (C=O) groups excluding carboxylic acids is 1. The van der Waals surface area contributed by atoms with Gasteiger partial charge >= 0.3 is 0 Å². The summed E-state index contributed by atoms with van der Waals surface area (Å²) in [5.41, 5.74) is 1.12. The van der Waals surface area contributed by atoms with E-state index < -0.39 is 0 Å². The molecule has 0 aliphatic carbocycles. The number of fused-ring (bicyclic) bond motifs is 3. The Morgan fingerprint density at radius 3 is 3.24 bits per heavy atom. The third kappa shape index (κ3) is 1.89. The van der Waals surface area contributed by atoms with E-state index in [1.807, 2.05) is 12.1 Å². The van der Waals surface area contributed by atoms with E-state index in [0.717, 1.165) is 17.1 Å². The summed E-state index contributed by atoms with van der Waals surface area (Å²) in [7, 11) is 1.65. The maximum atomic E-state index is 11.3. The number of methoxy groups -OCH3 is 1. The van der Waals surface area contributed by atoms with Gasteiger partial charge in [-0.05, 0) is 18.2 Å². The van der Waals surface area contributed by atoms with Crippen molar-refractivity contribution in [1.82, 2.24) is 5.32 Å². The highest BCUT2D eigenvalue weighted by Crippen LogP contribution is 2.40. The lowest BCUT2D eigenvalue weighted by Crippen LogP contribution is -2.50. The Kier molecular flexibility index (Phi) is 2.72. The van der Waals surface area contributed by atoms with Crippen molar-refractivity contribution in [2.75, 3.05) is 19.5 Å². The van der Waals surface area contributed by atoms with Crippen LogP contribution in [0.15, 0.2) is 23.1 Å². The highest BCUT2D eigenvalue weighted by molar-refractivity contribution is 7.99. The summed E-state index contributed by atoms with van der Waals surface area (Å²) < 4.78 is 10.9. The van der Waals surface area contributed by atoms with E-state index in [2.05, 4.69) is 11.4 Å². The first-order valence-corrected chi connectivity index (χ1v) is 6.48. The Morgan fingerprint density at radius 2 is 2.41 bits per heavy atom. The van der Waals surface area contributed by atoms with Gasteiger partial charge in [0, 0.05) is 16.2 Å². The van der Waals surface area contributed by atoms with Crippen LogP contribution in [-0.4, -0.2) is 31.4 Å². The fourth-order valence-corrected chi connectivity index (χ4v) is 3.35. The zero-order chi connectivity index (χ0) is 11.8. The maximum absolute atomic E-state index is 11.3. The monoisotopic (exact) mass is 251 g/mol. The quantitative estimate of drug-likeness (QED) is 0.818. The van der Waals surface area contributed by atoms with Gasteiger partial charge in [0.2, 0.25) is 5.91 Å². The molecule has 2 aliphatic heterocycles. The molecule has 1 N–H and O–H groups in total. The van der Waals surface area contributed by atoms with Crippen LogP contribution in [0.5, 0.6) is 5.75 Å². The van der Waals surface area contributed by atoms with Crippen molar-refractivity contribution >= 4 is 17.7 Å². The summed E-state index contributed by atoms with van der Waals surface area (Å²) in [6, 6.07) is 6.07. The fraction of sp³-hybridized carbons (Fsp3) is 0.417. The van der Waals surface area contributed by atoms with Crippen LogP contribution in [-0.2, 0) is 9.53 Å². The minimum absolute atomic E-state index is 0.0294. The van der Waals surface area contributed by atoms with Gasteiger partial charge in [0.1, 0.15) is 18.5 Å². The lowest BCUT2D eigenvalue weighted by molar-refractivity contribution is -0.136. The lowest BCUT2D eigenvalue weighted by Gasteiger charge is -2.36. The van der Waals surface area contributed by atoms with E-state index in [-0.39, 0.29) is 24.7 Å². The van der Waals surface area contributed by atoms with Crippen molar-refractivity contribution < 1.29 is 14.3 Å². The van der Waals surface area contributed by atoms with Crippen molar-refractivity contribution in [3.8, 4) is 5.75 Å². The standard InChI is InChI=1S/C12H13NO3S/c1-15-7-2-3-10-8(4-7)12-9(6-17-10)13-11(14)5-16-12/h2-4,9,12H,5-6H2,1H3,(H,13,14)/t9-,12+/m0/s1. The van der Waals surface area contributed by atoms with Crippen LogP contribution in [0.4, 0.5) is 0 Å². The molecule has 2 aliphatic rings. The number of hydrogen-bond donors (Lipinski definition) is 1. The van der Waals surface area contributed by atoms with Gasteiger partial charge in [-0.1, -0.05) is 0 Å². The number of ether oxygens (including phenoxy) is 2. The molecule has 1 saturated heterocycles. The summed E-state index contributed by atoms with van der Waals surface area (Å²) in [6.07, 6.45) is -0.0425. The summed E-state index contributed by atoms with van der Waals surface area (Å²) in [6.45, 7) is 0.141. The van der Waals surface area contributed by atoms with Crippen LogP contribution in [0.2, 0.25) is 0 Å². The minimum Gasteiger partial charge on any atom is -0.497 e. The first-order valence-electron chi connectivity index (χ1n) is 5.49. The Hall–Kier alpha value is -1.20. The molecule has 1 amide bonds. The number of nitrogens with one attached hydrogen (secondary N) is 1. The van der Waals surface area contributed by atoms with Gasteiger partial charge < -0.3 is 14.8 Å². The number of carbonyl (C=O) groups is 1. The Bertz CT molecular complexity index is 463. The highest BCUT2D eigenvalue weighted by Gasteiger charge is 2.35. The minimum atomic E-state index is -0.0425. The second-order valence-corrected chi connectivity index (χ2v) is 5.18. The zero-order valence-electron chi connectivity index (χ0n) is 9.43. The number of morpholine rings is 1. The van der Waals surface area contributed by atoms with Gasteiger partial charge in [0.25, 0.3) is 0 Å².